The Hall–Kier alpha value is -2.23. The lowest BCUT2D eigenvalue weighted by Gasteiger charge is -2.21. The van der Waals surface area contributed by atoms with Crippen molar-refractivity contribution in [1.82, 2.24) is 4.57 Å². The van der Waals surface area contributed by atoms with Crippen molar-refractivity contribution in [2.75, 3.05) is 24.2 Å². The van der Waals surface area contributed by atoms with E-state index in [1.54, 1.807) is 16.8 Å². The fourth-order valence-electron chi connectivity index (χ4n) is 2.09. The number of nitrogens with zero attached hydrogens (tertiary/aromatic N) is 2. The number of benzene rings is 1. The number of aromatic nitrogens is 1. The fraction of sp³-hybridized carbons (Fsp3) is 0.267. The van der Waals surface area contributed by atoms with Gasteiger partial charge in [-0.3, -0.25) is 4.79 Å². The second-order valence-electron chi connectivity index (χ2n) is 4.70. The maximum absolute atomic E-state index is 11.7. The van der Waals surface area contributed by atoms with Crippen LogP contribution in [0.25, 0.3) is 0 Å². The first kappa shape index (κ1) is 13.2. The van der Waals surface area contributed by atoms with Crippen molar-refractivity contribution < 1.29 is 0 Å². The smallest absolute Gasteiger partial charge is 0.250 e. The number of aryl methyl sites for hydroxylation is 1. The standard InChI is InChI=1S/C15H19N3O/c1-12-5-3-4-6-14(12)17(2)9-10-18-11-13(16)7-8-15(18)19/h3-8,11H,9-10,16H2,1-2H3. The minimum Gasteiger partial charge on any atom is -0.398 e. The molecule has 0 bridgehead atoms. The zero-order valence-electron chi connectivity index (χ0n) is 11.3. The Labute approximate surface area is 113 Å². The van der Waals surface area contributed by atoms with Crippen LogP contribution < -0.4 is 16.2 Å². The molecule has 0 atom stereocenters. The molecule has 2 N–H and O–H groups in total. The number of para-hydroxylation sites is 1. The SMILES string of the molecule is Cc1ccccc1N(C)CCn1cc(N)ccc1=O. The number of pyridine rings is 1. The molecule has 100 valence electrons. The van der Waals surface area contributed by atoms with E-state index in [1.165, 1.54) is 17.3 Å². The summed E-state index contributed by atoms with van der Waals surface area (Å²) < 4.78 is 1.64. The molecule has 0 amide bonds. The molecule has 0 radical (unpaired) electrons. The summed E-state index contributed by atoms with van der Waals surface area (Å²) in [6.45, 7) is 3.46. The Bertz CT molecular complexity index is 619. The van der Waals surface area contributed by atoms with Gasteiger partial charge in [0.1, 0.15) is 0 Å². The van der Waals surface area contributed by atoms with Gasteiger partial charge >= 0.3 is 0 Å². The minimum absolute atomic E-state index is 0.0209. The molecule has 0 unspecified atom stereocenters. The number of likely N-dealkylation sites (N-methyl/N-ethyl adjacent to an activating group) is 1. The molecule has 2 aromatic rings. The van der Waals surface area contributed by atoms with Gasteiger partial charge < -0.3 is 15.2 Å². The van der Waals surface area contributed by atoms with E-state index in [-0.39, 0.29) is 5.56 Å². The van der Waals surface area contributed by atoms with E-state index in [0.29, 0.717) is 12.2 Å². The van der Waals surface area contributed by atoms with Crippen LogP contribution in [0.4, 0.5) is 11.4 Å². The fourth-order valence-corrected chi connectivity index (χ4v) is 2.09. The summed E-state index contributed by atoms with van der Waals surface area (Å²) in [5, 5.41) is 0. The Balaban J connectivity index is 2.09. The molecule has 0 fully saturated rings. The molecule has 4 nitrogen and oxygen atoms in total. The van der Waals surface area contributed by atoms with Crippen LogP contribution in [-0.4, -0.2) is 18.2 Å². The Morgan fingerprint density at radius 2 is 1.95 bits per heavy atom. The van der Waals surface area contributed by atoms with Crippen molar-refractivity contribution in [3.05, 3.63) is 58.5 Å². The first-order chi connectivity index (χ1) is 9.08. The van der Waals surface area contributed by atoms with Gasteiger partial charge in [0.15, 0.2) is 0 Å². The molecular formula is C15H19N3O. The van der Waals surface area contributed by atoms with Crippen molar-refractivity contribution in [1.29, 1.82) is 0 Å². The van der Waals surface area contributed by atoms with Gasteiger partial charge in [0, 0.05) is 43.8 Å². The third kappa shape index (κ3) is 3.16. The van der Waals surface area contributed by atoms with Crippen LogP contribution >= 0.6 is 0 Å². The third-order valence-corrected chi connectivity index (χ3v) is 3.21. The molecule has 0 aliphatic heterocycles. The average molecular weight is 257 g/mol. The third-order valence-electron chi connectivity index (χ3n) is 3.21. The van der Waals surface area contributed by atoms with Crippen molar-refractivity contribution in [2.45, 2.75) is 13.5 Å². The van der Waals surface area contributed by atoms with Crippen molar-refractivity contribution >= 4 is 11.4 Å². The Morgan fingerprint density at radius 1 is 1.21 bits per heavy atom. The number of anilines is 2. The van der Waals surface area contributed by atoms with Crippen molar-refractivity contribution in [3.63, 3.8) is 0 Å². The Morgan fingerprint density at radius 3 is 2.68 bits per heavy atom. The lowest BCUT2D eigenvalue weighted by molar-refractivity contribution is 0.662. The van der Waals surface area contributed by atoms with Gasteiger partial charge in [-0.25, -0.2) is 0 Å². The largest absolute Gasteiger partial charge is 0.398 e. The lowest BCUT2D eigenvalue weighted by Crippen LogP contribution is -2.28. The highest BCUT2D eigenvalue weighted by Gasteiger charge is 2.04. The molecule has 0 aliphatic rings. The van der Waals surface area contributed by atoms with Crippen LogP contribution in [0.3, 0.4) is 0 Å². The zero-order valence-corrected chi connectivity index (χ0v) is 11.3. The van der Waals surface area contributed by atoms with Crippen LogP contribution in [0.1, 0.15) is 5.56 Å². The zero-order chi connectivity index (χ0) is 13.8. The highest BCUT2D eigenvalue weighted by atomic mass is 16.1. The van der Waals surface area contributed by atoms with Gasteiger partial charge in [-0.1, -0.05) is 18.2 Å². The maximum Gasteiger partial charge on any atom is 0.250 e. The number of hydrogen-bond donors (Lipinski definition) is 1. The summed E-state index contributed by atoms with van der Waals surface area (Å²) in [5.74, 6) is 0. The second kappa shape index (κ2) is 5.61. The number of hydrogen-bond acceptors (Lipinski definition) is 3. The van der Waals surface area contributed by atoms with Crippen LogP contribution in [0.2, 0.25) is 0 Å². The van der Waals surface area contributed by atoms with E-state index in [1.807, 2.05) is 19.2 Å². The normalized spacial score (nSPS) is 10.4. The molecule has 0 saturated heterocycles. The first-order valence-corrected chi connectivity index (χ1v) is 6.30. The van der Waals surface area contributed by atoms with Gasteiger partial charge in [0.25, 0.3) is 5.56 Å². The molecule has 1 aromatic heterocycles. The Kier molecular flexibility index (Phi) is 3.90. The van der Waals surface area contributed by atoms with Crippen LogP contribution in [0.5, 0.6) is 0 Å². The highest BCUT2D eigenvalue weighted by Crippen LogP contribution is 2.17. The molecule has 1 heterocycles. The summed E-state index contributed by atoms with van der Waals surface area (Å²) in [6.07, 6.45) is 1.69. The summed E-state index contributed by atoms with van der Waals surface area (Å²) >= 11 is 0. The number of nitrogen functional groups attached to an aromatic ring is 1. The van der Waals surface area contributed by atoms with Crippen molar-refractivity contribution in [2.24, 2.45) is 0 Å². The van der Waals surface area contributed by atoms with Crippen LogP contribution in [0.15, 0.2) is 47.4 Å². The van der Waals surface area contributed by atoms with Gasteiger partial charge in [0.2, 0.25) is 0 Å². The van der Waals surface area contributed by atoms with E-state index in [4.69, 9.17) is 5.73 Å². The number of nitrogens with two attached hydrogens (primary N) is 1. The van der Waals surface area contributed by atoms with E-state index in [2.05, 4.69) is 24.0 Å². The van der Waals surface area contributed by atoms with E-state index in [9.17, 15) is 4.79 Å². The maximum atomic E-state index is 11.7. The van der Waals surface area contributed by atoms with Gasteiger partial charge in [-0.15, -0.1) is 0 Å². The summed E-state index contributed by atoms with van der Waals surface area (Å²) in [5.41, 5.74) is 8.69. The van der Waals surface area contributed by atoms with Crippen LogP contribution in [-0.2, 0) is 6.54 Å². The molecule has 19 heavy (non-hydrogen) atoms. The van der Waals surface area contributed by atoms with Gasteiger partial charge in [0.05, 0.1) is 0 Å². The van der Waals surface area contributed by atoms with Gasteiger partial charge in [-0.2, -0.15) is 0 Å². The summed E-state index contributed by atoms with van der Waals surface area (Å²) in [7, 11) is 2.03. The number of rotatable bonds is 4. The van der Waals surface area contributed by atoms with Gasteiger partial charge in [-0.05, 0) is 24.6 Å². The second-order valence-corrected chi connectivity index (χ2v) is 4.70. The lowest BCUT2D eigenvalue weighted by atomic mass is 10.2. The summed E-state index contributed by atoms with van der Waals surface area (Å²) in [6, 6.07) is 11.3. The van der Waals surface area contributed by atoms with Crippen molar-refractivity contribution in [3.8, 4) is 0 Å². The molecule has 0 spiro atoms. The van der Waals surface area contributed by atoms with Crippen LogP contribution in [0, 0.1) is 6.92 Å². The molecule has 0 aliphatic carbocycles. The molecular weight excluding hydrogens is 238 g/mol. The quantitative estimate of drug-likeness (QED) is 0.909. The highest BCUT2D eigenvalue weighted by molar-refractivity contribution is 5.52. The molecule has 2 rings (SSSR count). The minimum atomic E-state index is -0.0209. The van der Waals surface area contributed by atoms with E-state index in [0.717, 1.165) is 6.54 Å². The topological polar surface area (TPSA) is 51.3 Å². The molecule has 0 saturated carbocycles. The predicted molar refractivity (Wildman–Crippen MR) is 79.6 cm³/mol. The first-order valence-electron chi connectivity index (χ1n) is 6.30. The average Bonchev–Trinajstić information content (AvgIpc) is 2.40. The molecule has 1 aromatic carbocycles. The summed E-state index contributed by atoms with van der Waals surface area (Å²) in [4.78, 5) is 13.8. The van der Waals surface area contributed by atoms with E-state index >= 15 is 0 Å². The monoisotopic (exact) mass is 257 g/mol. The predicted octanol–water partition coefficient (Wildman–Crippen LogP) is 1.88. The molecule has 4 heteroatoms. The van der Waals surface area contributed by atoms with E-state index < -0.39 is 0 Å².